The Kier molecular flexibility index (Phi) is 4.90. The standard InChI is InChI=1S/C19H16N4S2/c1-3-7-15(8-4-1)11-18-21-16(12-24-18)13-25-19-22-20-14-23(19)17-9-5-2-6-10-17/h1-10,12,14H,11,13H2. The predicted octanol–water partition coefficient (Wildman–Crippen LogP) is 4.61. The van der Waals surface area contributed by atoms with Crippen LogP contribution < -0.4 is 0 Å². The van der Waals surface area contributed by atoms with Crippen LogP contribution in [0.1, 0.15) is 16.3 Å². The number of thioether (sulfide) groups is 1. The van der Waals surface area contributed by atoms with Gasteiger partial charge < -0.3 is 0 Å². The number of thiazole rings is 1. The summed E-state index contributed by atoms with van der Waals surface area (Å²) in [5, 5.41) is 12.4. The van der Waals surface area contributed by atoms with E-state index in [1.165, 1.54) is 5.56 Å². The Morgan fingerprint density at radius 3 is 2.52 bits per heavy atom. The van der Waals surface area contributed by atoms with Gasteiger partial charge in [-0.15, -0.1) is 21.5 Å². The van der Waals surface area contributed by atoms with Crippen LogP contribution in [0.15, 0.2) is 77.5 Å². The van der Waals surface area contributed by atoms with Crippen LogP contribution in [0.3, 0.4) is 0 Å². The third-order valence-electron chi connectivity index (χ3n) is 3.70. The van der Waals surface area contributed by atoms with E-state index < -0.39 is 0 Å². The van der Waals surface area contributed by atoms with Crippen molar-refractivity contribution in [1.82, 2.24) is 19.7 Å². The summed E-state index contributed by atoms with van der Waals surface area (Å²) in [5.74, 6) is 0.789. The Hall–Kier alpha value is -2.44. The Morgan fingerprint density at radius 1 is 0.960 bits per heavy atom. The molecule has 6 heteroatoms. The Bertz CT molecular complexity index is 932. The summed E-state index contributed by atoms with van der Waals surface area (Å²) in [4.78, 5) is 4.75. The SMILES string of the molecule is c1ccc(Cc2nc(CSc3nncn3-c3ccccc3)cs2)cc1. The molecule has 4 rings (SSSR count). The van der Waals surface area contributed by atoms with E-state index in [2.05, 4.69) is 39.8 Å². The molecular formula is C19H16N4S2. The van der Waals surface area contributed by atoms with Gasteiger partial charge in [0.05, 0.1) is 10.7 Å². The van der Waals surface area contributed by atoms with Crippen LogP contribution in [-0.4, -0.2) is 19.7 Å². The number of rotatable bonds is 6. The fourth-order valence-corrected chi connectivity index (χ4v) is 4.25. The van der Waals surface area contributed by atoms with Gasteiger partial charge in [-0.05, 0) is 17.7 Å². The molecule has 0 aliphatic rings. The lowest BCUT2D eigenvalue weighted by molar-refractivity contribution is 0.883. The van der Waals surface area contributed by atoms with Crippen LogP contribution in [0.25, 0.3) is 5.69 Å². The molecule has 2 aromatic carbocycles. The van der Waals surface area contributed by atoms with Gasteiger partial charge in [-0.3, -0.25) is 4.57 Å². The number of aromatic nitrogens is 4. The molecule has 0 saturated carbocycles. The highest BCUT2D eigenvalue weighted by Crippen LogP contribution is 2.24. The molecule has 25 heavy (non-hydrogen) atoms. The first kappa shape index (κ1) is 16.1. The van der Waals surface area contributed by atoms with E-state index in [0.29, 0.717) is 0 Å². The zero-order chi connectivity index (χ0) is 16.9. The second-order valence-electron chi connectivity index (χ2n) is 5.50. The van der Waals surface area contributed by atoms with Crippen molar-refractivity contribution in [3.8, 4) is 5.69 Å². The highest BCUT2D eigenvalue weighted by atomic mass is 32.2. The lowest BCUT2D eigenvalue weighted by Gasteiger charge is -2.04. The predicted molar refractivity (Wildman–Crippen MR) is 102 cm³/mol. The molecule has 0 N–H and O–H groups in total. The molecule has 0 amide bonds. The Labute approximate surface area is 154 Å². The average molecular weight is 364 g/mol. The molecule has 4 aromatic rings. The zero-order valence-electron chi connectivity index (χ0n) is 13.4. The van der Waals surface area contributed by atoms with Crippen LogP contribution in [0.5, 0.6) is 0 Å². The maximum atomic E-state index is 4.75. The minimum atomic E-state index is 0.789. The normalized spacial score (nSPS) is 10.9. The Balaban J connectivity index is 1.42. The molecule has 0 aliphatic carbocycles. The molecule has 124 valence electrons. The molecule has 0 radical (unpaired) electrons. The van der Waals surface area contributed by atoms with Gasteiger partial charge in [0.2, 0.25) is 0 Å². The first-order valence-corrected chi connectivity index (χ1v) is 9.80. The summed E-state index contributed by atoms with van der Waals surface area (Å²) >= 11 is 3.37. The summed E-state index contributed by atoms with van der Waals surface area (Å²) in [6.45, 7) is 0. The summed E-state index contributed by atoms with van der Waals surface area (Å²) in [7, 11) is 0. The quantitative estimate of drug-likeness (QED) is 0.469. The largest absolute Gasteiger partial charge is 0.277 e. The van der Waals surface area contributed by atoms with Crippen LogP contribution in [0, 0.1) is 0 Å². The molecule has 2 aromatic heterocycles. The summed E-state index contributed by atoms with van der Waals surface area (Å²) in [5.41, 5.74) is 3.45. The third-order valence-corrected chi connectivity index (χ3v) is 5.57. The van der Waals surface area contributed by atoms with Crippen LogP contribution >= 0.6 is 23.1 Å². The van der Waals surface area contributed by atoms with E-state index in [1.54, 1.807) is 29.4 Å². The van der Waals surface area contributed by atoms with E-state index >= 15 is 0 Å². The number of hydrogen-bond acceptors (Lipinski definition) is 5. The first-order valence-electron chi connectivity index (χ1n) is 7.94. The summed E-state index contributed by atoms with van der Waals surface area (Å²) in [6.07, 6.45) is 2.63. The van der Waals surface area contributed by atoms with E-state index in [-0.39, 0.29) is 0 Å². The zero-order valence-corrected chi connectivity index (χ0v) is 15.1. The van der Waals surface area contributed by atoms with E-state index in [4.69, 9.17) is 4.98 Å². The van der Waals surface area contributed by atoms with Gasteiger partial charge in [0.1, 0.15) is 6.33 Å². The number of hydrogen-bond donors (Lipinski definition) is 0. The van der Waals surface area contributed by atoms with Crippen LogP contribution in [0.2, 0.25) is 0 Å². The number of para-hydroxylation sites is 1. The fourth-order valence-electron chi connectivity index (χ4n) is 2.49. The lowest BCUT2D eigenvalue weighted by atomic mass is 10.2. The molecular weight excluding hydrogens is 348 g/mol. The molecule has 0 spiro atoms. The topological polar surface area (TPSA) is 43.6 Å². The third kappa shape index (κ3) is 3.97. The van der Waals surface area contributed by atoms with Gasteiger partial charge in [-0.25, -0.2) is 4.98 Å². The second kappa shape index (κ2) is 7.63. The number of nitrogens with zero attached hydrogens (tertiary/aromatic N) is 4. The first-order chi connectivity index (χ1) is 12.4. The molecule has 0 saturated heterocycles. The number of benzene rings is 2. The van der Waals surface area contributed by atoms with Gasteiger partial charge in [0, 0.05) is 23.2 Å². The van der Waals surface area contributed by atoms with Gasteiger partial charge >= 0.3 is 0 Å². The molecule has 0 aliphatic heterocycles. The summed E-state index contributed by atoms with van der Waals surface area (Å²) < 4.78 is 2.00. The van der Waals surface area contributed by atoms with Crippen molar-refractivity contribution in [2.75, 3.05) is 0 Å². The van der Waals surface area contributed by atoms with Crippen molar-refractivity contribution in [2.45, 2.75) is 17.3 Å². The molecule has 2 heterocycles. The van der Waals surface area contributed by atoms with Gasteiger partial charge in [0.25, 0.3) is 0 Å². The Morgan fingerprint density at radius 2 is 1.72 bits per heavy atom. The van der Waals surface area contributed by atoms with Crippen molar-refractivity contribution < 1.29 is 0 Å². The van der Waals surface area contributed by atoms with Crippen molar-refractivity contribution in [3.05, 3.63) is 88.6 Å². The molecule has 0 fully saturated rings. The van der Waals surface area contributed by atoms with Crippen molar-refractivity contribution in [2.24, 2.45) is 0 Å². The smallest absolute Gasteiger partial charge is 0.195 e. The molecule has 0 bridgehead atoms. The van der Waals surface area contributed by atoms with E-state index in [9.17, 15) is 0 Å². The minimum absolute atomic E-state index is 0.789. The monoisotopic (exact) mass is 364 g/mol. The maximum absolute atomic E-state index is 4.75. The van der Waals surface area contributed by atoms with Gasteiger partial charge in [0.15, 0.2) is 5.16 Å². The lowest BCUT2D eigenvalue weighted by Crippen LogP contribution is -1.95. The highest BCUT2D eigenvalue weighted by Gasteiger charge is 2.09. The van der Waals surface area contributed by atoms with Gasteiger partial charge in [-0.1, -0.05) is 60.3 Å². The minimum Gasteiger partial charge on any atom is -0.277 e. The van der Waals surface area contributed by atoms with E-state index in [1.807, 2.05) is 41.0 Å². The van der Waals surface area contributed by atoms with Crippen LogP contribution in [-0.2, 0) is 12.2 Å². The second-order valence-corrected chi connectivity index (χ2v) is 7.39. The fraction of sp³-hybridized carbons (Fsp3) is 0.105. The average Bonchev–Trinajstić information content (AvgIpc) is 3.31. The van der Waals surface area contributed by atoms with Crippen LogP contribution in [0.4, 0.5) is 0 Å². The maximum Gasteiger partial charge on any atom is 0.195 e. The molecule has 0 atom stereocenters. The highest BCUT2D eigenvalue weighted by molar-refractivity contribution is 7.98. The van der Waals surface area contributed by atoms with Crippen molar-refractivity contribution in [3.63, 3.8) is 0 Å². The summed E-state index contributed by atoms with van der Waals surface area (Å²) in [6, 6.07) is 20.6. The molecule has 0 unspecified atom stereocenters. The van der Waals surface area contributed by atoms with Gasteiger partial charge in [-0.2, -0.15) is 0 Å². The molecule has 4 nitrogen and oxygen atoms in total. The van der Waals surface area contributed by atoms with Crippen molar-refractivity contribution >= 4 is 23.1 Å². The van der Waals surface area contributed by atoms with Crippen molar-refractivity contribution in [1.29, 1.82) is 0 Å². The van der Waals surface area contributed by atoms with E-state index in [0.717, 1.165) is 33.7 Å².